The van der Waals surface area contributed by atoms with Crippen LogP contribution in [-0.4, -0.2) is 26.4 Å². The molecule has 1 aliphatic heterocycles. The van der Waals surface area contributed by atoms with E-state index >= 15 is 0 Å². The number of hydrogen-bond donors (Lipinski definition) is 1. The fourth-order valence-electron chi connectivity index (χ4n) is 2.24. The second-order valence-corrected chi connectivity index (χ2v) is 4.76. The van der Waals surface area contributed by atoms with E-state index in [1.807, 2.05) is 19.1 Å². The summed E-state index contributed by atoms with van der Waals surface area (Å²) in [5, 5.41) is 3.53. The molecule has 3 nitrogen and oxygen atoms in total. The van der Waals surface area contributed by atoms with Gasteiger partial charge in [-0.15, -0.1) is 0 Å². The highest BCUT2D eigenvalue weighted by Crippen LogP contribution is 2.14. The molecule has 3 heteroatoms. The Bertz CT molecular complexity index is 331. The van der Waals surface area contributed by atoms with Gasteiger partial charge >= 0.3 is 0 Å². The Morgan fingerprint density at radius 3 is 2.61 bits per heavy atom. The predicted octanol–water partition coefficient (Wildman–Crippen LogP) is 2.60. The Labute approximate surface area is 109 Å². The topological polar surface area (TPSA) is 30.5 Å². The third-order valence-corrected chi connectivity index (χ3v) is 3.34. The van der Waals surface area contributed by atoms with Crippen molar-refractivity contribution < 1.29 is 9.47 Å². The molecule has 0 radical (unpaired) electrons. The Morgan fingerprint density at radius 2 is 1.94 bits per heavy atom. The van der Waals surface area contributed by atoms with Gasteiger partial charge in [0, 0.05) is 19.8 Å². The third kappa shape index (κ3) is 4.31. The summed E-state index contributed by atoms with van der Waals surface area (Å²) in [6.07, 6.45) is 2.38. The van der Waals surface area contributed by atoms with E-state index < -0.39 is 0 Å². The van der Waals surface area contributed by atoms with Crippen LogP contribution in [0.1, 0.15) is 25.3 Å². The number of benzene rings is 1. The summed E-state index contributed by atoms with van der Waals surface area (Å²) in [7, 11) is 0. The molecule has 1 fully saturated rings. The molecule has 0 aromatic heterocycles. The predicted molar refractivity (Wildman–Crippen MR) is 72.9 cm³/mol. The van der Waals surface area contributed by atoms with Gasteiger partial charge in [-0.05, 0) is 49.9 Å². The first-order valence-corrected chi connectivity index (χ1v) is 6.88. The summed E-state index contributed by atoms with van der Waals surface area (Å²) in [6.45, 7) is 6.61. The van der Waals surface area contributed by atoms with Crippen molar-refractivity contribution in [1.82, 2.24) is 5.32 Å². The van der Waals surface area contributed by atoms with Crippen LogP contribution >= 0.6 is 0 Å². The van der Waals surface area contributed by atoms with E-state index in [4.69, 9.17) is 9.47 Å². The smallest absolute Gasteiger partial charge is 0.119 e. The number of rotatable bonds is 6. The summed E-state index contributed by atoms with van der Waals surface area (Å²) in [6, 6.07) is 8.33. The molecule has 1 aromatic carbocycles. The zero-order valence-electron chi connectivity index (χ0n) is 11.2. The molecule has 2 rings (SSSR count). The van der Waals surface area contributed by atoms with Gasteiger partial charge < -0.3 is 14.8 Å². The Morgan fingerprint density at radius 1 is 1.22 bits per heavy atom. The summed E-state index contributed by atoms with van der Waals surface area (Å²) in [4.78, 5) is 0. The van der Waals surface area contributed by atoms with E-state index in [1.165, 1.54) is 18.4 Å². The maximum absolute atomic E-state index is 5.43. The Hall–Kier alpha value is -1.06. The fourth-order valence-corrected chi connectivity index (χ4v) is 2.24. The molecule has 0 bridgehead atoms. The van der Waals surface area contributed by atoms with Crippen LogP contribution in [-0.2, 0) is 11.3 Å². The molecule has 18 heavy (non-hydrogen) atoms. The monoisotopic (exact) mass is 249 g/mol. The first-order chi connectivity index (χ1) is 8.88. The zero-order valence-corrected chi connectivity index (χ0v) is 11.2. The van der Waals surface area contributed by atoms with E-state index in [-0.39, 0.29) is 0 Å². The minimum atomic E-state index is 0.724. The standard InChI is InChI=1S/C15H23NO2/c1-2-18-15-5-3-13(4-6-15)11-16-12-14-7-9-17-10-8-14/h3-6,14,16H,2,7-12H2,1H3. The van der Waals surface area contributed by atoms with E-state index in [1.54, 1.807) is 0 Å². The summed E-state index contributed by atoms with van der Waals surface area (Å²) >= 11 is 0. The lowest BCUT2D eigenvalue weighted by Crippen LogP contribution is -2.27. The van der Waals surface area contributed by atoms with Crippen LogP contribution in [0, 0.1) is 5.92 Å². The molecule has 1 heterocycles. The summed E-state index contributed by atoms with van der Waals surface area (Å²) < 4.78 is 10.8. The highest BCUT2D eigenvalue weighted by atomic mass is 16.5. The molecule has 1 N–H and O–H groups in total. The first kappa shape index (κ1) is 13.4. The van der Waals surface area contributed by atoms with Gasteiger partial charge in [-0.2, -0.15) is 0 Å². The van der Waals surface area contributed by atoms with Crippen molar-refractivity contribution in [3.8, 4) is 5.75 Å². The van der Waals surface area contributed by atoms with Crippen molar-refractivity contribution in [3.05, 3.63) is 29.8 Å². The number of hydrogen-bond acceptors (Lipinski definition) is 3. The van der Waals surface area contributed by atoms with E-state index in [2.05, 4.69) is 17.4 Å². The first-order valence-electron chi connectivity index (χ1n) is 6.88. The fraction of sp³-hybridized carbons (Fsp3) is 0.600. The lowest BCUT2D eigenvalue weighted by Gasteiger charge is -2.22. The molecular formula is C15H23NO2. The molecule has 100 valence electrons. The molecule has 0 spiro atoms. The van der Waals surface area contributed by atoms with Crippen molar-refractivity contribution in [1.29, 1.82) is 0 Å². The van der Waals surface area contributed by atoms with Crippen LogP contribution in [0.25, 0.3) is 0 Å². The lowest BCUT2D eigenvalue weighted by atomic mass is 10.0. The Balaban J connectivity index is 1.69. The summed E-state index contributed by atoms with van der Waals surface area (Å²) in [5.74, 6) is 1.73. The largest absolute Gasteiger partial charge is 0.494 e. The summed E-state index contributed by atoms with van der Waals surface area (Å²) in [5.41, 5.74) is 1.31. The quantitative estimate of drug-likeness (QED) is 0.840. The minimum Gasteiger partial charge on any atom is -0.494 e. The van der Waals surface area contributed by atoms with Crippen molar-refractivity contribution >= 4 is 0 Å². The highest BCUT2D eigenvalue weighted by Gasteiger charge is 2.12. The average Bonchev–Trinajstić information content (AvgIpc) is 2.42. The minimum absolute atomic E-state index is 0.724. The molecule has 1 aliphatic rings. The number of ether oxygens (including phenoxy) is 2. The second-order valence-electron chi connectivity index (χ2n) is 4.76. The van der Waals surface area contributed by atoms with Gasteiger partial charge in [0.15, 0.2) is 0 Å². The van der Waals surface area contributed by atoms with Gasteiger partial charge in [0.1, 0.15) is 5.75 Å². The number of nitrogens with one attached hydrogen (secondary N) is 1. The van der Waals surface area contributed by atoms with Crippen molar-refractivity contribution in [2.75, 3.05) is 26.4 Å². The van der Waals surface area contributed by atoms with Gasteiger partial charge in [-0.3, -0.25) is 0 Å². The molecule has 0 amide bonds. The second kappa shape index (κ2) is 7.39. The van der Waals surface area contributed by atoms with E-state index in [9.17, 15) is 0 Å². The van der Waals surface area contributed by atoms with Crippen molar-refractivity contribution in [3.63, 3.8) is 0 Å². The van der Waals surface area contributed by atoms with Crippen LogP contribution in [0.5, 0.6) is 5.75 Å². The molecule has 1 saturated heterocycles. The van der Waals surface area contributed by atoms with E-state index in [0.717, 1.165) is 44.6 Å². The highest BCUT2D eigenvalue weighted by molar-refractivity contribution is 5.27. The van der Waals surface area contributed by atoms with Crippen LogP contribution in [0.4, 0.5) is 0 Å². The molecular weight excluding hydrogens is 226 g/mol. The Kier molecular flexibility index (Phi) is 5.49. The molecule has 0 atom stereocenters. The molecule has 0 aliphatic carbocycles. The van der Waals surface area contributed by atoms with Crippen molar-refractivity contribution in [2.45, 2.75) is 26.3 Å². The average molecular weight is 249 g/mol. The maximum atomic E-state index is 5.43. The normalized spacial score (nSPS) is 16.7. The van der Waals surface area contributed by atoms with Gasteiger partial charge in [-0.25, -0.2) is 0 Å². The molecule has 1 aromatic rings. The SMILES string of the molecule is CCOc1ccc(CNCC2CCOCC2)cc1. The van der Waals surface area contributed by atoms with Crippen molar-refractivity contribution in [2.24, 2.45) is 5.92 Å². The van der Waals surface area contributed by atoms with E-state index in [0.29, 0.717) is 0 Å². The molecule has 0 unspecified atom stereocenters. The van der Waals surface area contributed by atoms with Crippen LogP contribution in [0.15, 0.2) is 24.3 Å². The third-order valence-electron chi connectivity index (χ3n) is 3.34. The van der Waals surface area contributed by atoms with Crippen LogP contribution in [0.3, 0.4) is 0 Å². The zero-order chi connectivity index (χ0) is 12.6. The van der Waals surface area contributed by atoms with Gasteiger partial charge in [0.05, 0.1) is 6.61 Å². The van der Waals surface area contributed by atoms with Crippen LogP contribution in [0.2, 0.25) is 0 Å². The van der Waals surface area contributed by atoms with Gasteiger partial charge in [0.2, 0.25) is 0 Å². The van der Waals surface area contributed by atoms with Gasteiger partial charge in [-0.1, -0.05) is 12.1 Å². The maximum Gasteiger partial charge on any atom is 0.119 e. The lowest BCUT2D eigenvalue weighted by molar-refractivity contribution is 0.0662. The van der Waals surface area contributed by atoms with Gasteiger partial charge in [0.25, 0.3) is 0 Å². The van der Waals surface area contributed by atoms with Crippen LogP contribution < -0.4 is 10.1 Å². The molecule has 0 saturated carbocycles.